The van der Waals surface area contributed by atoms with E-state index in [2.05, 4.69) is 4.74 Å². The molecule has 0 amide bonds. The van der Waals surface area contributed by atoms with Crippen molar-refractivity contribution in [1.29, 1.82) is 0 Å². The Labute approximate surface area is 109 Å². The van der Waals surface area contributed by atoms with Crippen molar-refractivity contribution in [3.05, 3.63) is 24.3 Å². The summed E-state index contributed by atoms with van der Waals surface area (Å²) in [6.45, 7) is 2.61. The van der Waals surface area contributed by atoms with Gasteiger partial charge in [0.1, 0.15) is 5.78 Å². The number of hydrogen-bond acceptors (Lipinski definition) is 3. The molecule has 0 N–H and O–H groups in total. The van der Waals surface area contributed by atoms with Crippen LogP contribution in [0.3, 0.4) is 0 Å². The van der Waals surface area contributed by atoms with Crippen LogP contribution < -0.4 is 9.64 Å². The van der Waals surface area contributed by atoms with Gasteiger partial charge < -0.3 is 9.64 Å². The van der Waals surface area contributed by atoms with Crippen LogP contribution in [0.4, 0.5) is 18.9 Å². The van der Waals surface area contributed by atoms with E-state index in [0.717, 1.165) is 0 Å². The van der Waals surface area contributed by atoms with Gasteiger partial charge >= 0.3 is 6.36 Å². The zero-order valence-corrected chi connectivity index (χ0v) is 10.4. The Kier molecular flexibility index (Phi) is 3.68. The smallest absolute Gasteiger partial charge is 0.404 e. The van der Waals surface area contributed by atoms with Gasteiger partial charge in [0.2, 0.25) is 0 Å². The monoisotopic (exact) mass is 273 g/mol. The van der Waals surface area contributed by atoms with Gasteiger partial charge in [-0.2, -0.15) is 0 Å². The molecule has 104 valence electrons. The average Bonchev–Trinajstić information content (AvgIpc) is 2.31. The number of halogens is 3. The summed E-state index contributed by atoms with van der Waals surface area (Å²) in [6.07, 6.45) is -4.37. The highest BCUT2D eigenvalue weighted by Gasteiger charge is 2.33. The van der Waals surface area contributed by atoms with Gasteiger partial charge in [-0.25, -0.2) is 0 Å². The van der Waals surface area contributed by atoms with E-state index in [4.69, 9.17) is 0 Å². The Bertz CT molecular complexity index is 473. The number of benzene rings is 1. The van der Waals surface area contributed by atoms with Gasteiger partial charge in [0.25, 0.3) is 0 Å². The van der Waals surface area contributed by atoms with Gasteiger partial charge in [-0.15, -0.1) is 13.2 Å². The number of anilines is 1. The zero-order valence-electron chi connectivity index (χ0n) is 10.4. The number of nitrogens with zero attached hydrogens (tertiary/aromatic N) is 1. The average molecular weight is 273 g/mol. The summed E-state index contributed by atoms with van der Waals surface area (Å²) in [5, 5.41) is 0. The molecule has 0 aromatic heterocycles. The van der Waals surface area contributed by atoms with Crippen molar-refractivity contribution in [1.82, 2.24) is 0 Å². The summed E-state index contributed by atoms with van der Waals surface area (Å²) in [7, 11) is 0. The van der Waals surface area contributed by atoms with Crippen LogP contribution in [0, 0.1) is 5.92 Å². The maximum absolute atomic E-state index is 12.3. The zero-order chi connectivity index (χ0) is 14.0. The number of ether oxygens (including phenoxy) is 1. The van der Waals surface area contributed by atoms with E-state index < -0.39 is 6.36 Å². The summed E-state index contributed by atoms with van der Waals surface area (Å²) in [6, 6.07) is 6.00. The molecule has 1 aromatic rings. The molecule has 1 saturated heterocycles. The maximum atomic E-state index is 12.3. The fraction of sp³-hybridized carbons (Fsp3) is 0.462. The van der Waals surface area contributed by atoms with E-state index in [1.165, 1.54) is 12.1 Å². The molecule has 2 rings (SSSR count). The van der Waals surface area contributed by atoms with E-state index in [1.807, 2.05) is 0 Å². The Hall–Kier alpha value is -1.72. The number of Topliss-reactive ketones (excluding diaryl/α,β-unsaturated/α-hetero) is 1. The van der Waals surface area contributed by atoms with E-state index in [0.29, 0.717) is 25.2 Å². The van der Waals surface area contributed by atoms with Gasteiger partial charge in [-0.3, -0.25) is 4.79 Å². The van der Waals surface area contributed by atoms with Gasteiger partial charge in [-0.05, 0) is 12.1 Å². The van der Waals surface area contributed by atoms with E-state index in [1.54, 1.807) is 24.0 Å². The molecule has 6 heteroatoms. The van der Waals surface area contributed by atoms with Crippen LogP contribution in [0.5, 0.6) is 5.75 Å². The van der Waals surface area contributed by atoms with Crippen molar-refractivity contribution in [2.45, 2.75) is 19.7 Å². The van der Waals surface area contributed by atoms with Gasteiger partial charge in [0.05, 0.1) is 5.69 Å². The van der Waals surface area contributed by atoms with Crippen molar-refractivity contribution in [3.8, 4) is 5.75 Å². The van der Waals surface area contributed by atoms with Gasteiger partial charge in [-0.1, -0.05) is 19.1 Å². The molecule has 0 saturated carbocycles. The highest BCUT2D eigenvalue weighted by molar-refractivity contribution is 5.83. The molecular formula is C13H14F3NO2. The molecule has 1 unspecified atom stereocenters. The van der Waals surface area contributed by atoms with Crippen LogP contribution in [0.2, 0.25) is 0 Å². The maximum Gasteiger partial charge on any atom is 0.573 e. The number of piperidine rings is 1. The van der Waals surface area contributed by atoms with Crippen LogP contribution in [-0.2, 0) is 4.79 Å². The first-order valence-electron chi connectivity index (χ1n) is 5.99. The SMILES string of the molecule is CC1CN(c2ccccc2OC(F)(F)F)CCC1=O. The summed E-state index contributed by atoms with van der Waals surface area (Å²) in [5.74, 6) is -0.255. The minimum atomic E-state index is -4.71. The summed E-state index contributed by atoms with van der Waals surface area (Å²) in [5.41, 5.74) is 0.374. The van der Waals surface area contributed by atoms with Crippen molar-refractivity contribution < 1.29 is 22.7 Å². The third-order valence-electron chi connectivity index (χ3n) is 3.10. The lowest BCUT2D eigenvalue weighted by Gasteiger charge is -2.33. The molecule has 1 aliphatic rings. The molecule has 3 nitrogen and oxygen atoms in total. The number of carbonyl (C=O) groups excluding carboxylic acids is 1. The molecular weight excluding hydrogens is 259 g/mol. The molecule has 0 bridgehead atoms. The van der Waals surface area contributed by atoms with Crippen molar-refractivity contribution in [3.63, 3.8) is 0 Å². The van der Waals surface area contributed by atoms with E-state index in [9.17, 15) is 18.0 Å². The lowest BCUT2D eigenvalue weighted by Crippen LogP contribution is -2.40. The third-order valence-corrected chi connectivity index (χ3v) is 3.10. The lowest BCUT2D eigenvalue weighted by atomic mass is 9.98. The molecule has 1 fully saturated rings. The Morgan fingerprint density at radius 1 is 1.32 bits per heavy atom. The molecule has 1 aliphatic heterocycles. The Morgan fingerprint density at radius 3 is 2.63 bits per heavy atom. The van der Waals surface area contributed by atoms with Crippen LogP contribution in [0.1, 0.15) is 13.3 Å². The molecule has 1 heterocycles. The van der Waals surface area contributed by atoms with E-state index >= 15 is 0 Å². The minimum Gasteiger partial charge on any atom is -0.404 e. The Balaban J connectivity index is 2.22. The number of carbonyl (C=O) groups is 1. The first kappa shape index (κ1) is 13.7. The lowest BCUT2D eigenvalue weighted by molar-refractivity contribution is -0.274. The number of hydrogen-bond donors (Lipinski definition) is 0. The van der Waals surface area contributed by atoms with Crippen molar-refractivity contribution >= 4 is 11.5 Å². The van der Waals surface area contributed by atoms with Crippen LogP contribution in [-0.4, -0.2) is 25.2 Å². The minimum absolute atomic E-state index is 0.144. The summed E-state index contributed by atoms with van der Waals surface area (Å²) >= 11 is 0. The van der Waals surface area contributed by atoms with E-state index in [-0.39, 0.29) is 17.5 Å². The quantitative estimate of drug-likeness (QED) is 0.829. The molecule has 1 atom stereocenters. The topological polar surface area (TPSA) is 29.5 Å². The highest BCUT2D eigenvalue weighted by atomic mass is 19.4. The normalized spacial score (nSPS) is 20.5. The molecule has 19 heavy (non-hydrogen) atoms. The molecule has 0 radical (unpaired) electrons. The largest absolute Gasteiger partial charge is 0.573 e. The van der Waals surface area contributed by atoms with Gasteiger partial charge in [0, 0.05) is 25.4 Å². The second kappa shape index (κ2) is 5.11. The predicted molar refractivity (Wildman–Crippen MR) is 64.1 cm³/mol. The summed E-state index contributed by atoms with van der Waals surface area (Å²) in [4.78, 5) is 13.2. The van der Waals surface area contributed by atoms with Gasteiger partial charge in [0.15, 0.2) is 5.75 Å². The molecule has 0 spiro atoms. The van der Waals surface area contributed by atoms with Crippen molar-refractivity contribution in [2.75, 3.05) is 18.0 Å². The number of rotatable bonds is 2. The third kappa shape index (κ3) is 3.39. The fourth-order valence-corrected chi connectivity index (χ4v) is 2.16. The second-order valence-electron chi connectivity index (χ2n) is 4.58. The second-order valence-corrected chi connectivity index (χ2v) is 4.58. The number of para-hydroxylation sites is 2. The summed E-state index contributed by atoms with van der Waals surface area (Å²) < 4.78 is 41.0. The molecule has 0 aliphatic carbocycles. The first-order valence-corrected chi connectivity index (χ1v) is 5.99. The van der Waals surface area contributed by atoms with Crippen molar-refractivity contribution in [2.24, 2.45) is 5.92 Å². The fourth-order valence-electron chi connectivity index (χ4n) is 2.16. The van der Waals surface area contributed by atoms with Crippen LogP contribution in [0.25, 0.3) is 0 Å². The number of ketones is 1. The first-order chi connectivity index (χ1) is 8.87. The number of alkyl halides is 3. The Morgan fingerprint density at radius 2 is 2.00 bits per heavy atom. The predicted octanol–water partition coefficient (Wildman–Crippen LogP) is 3.00. The highest BCUT2D eigenvalue weighted by Crippen LogP contribution is 2.34. The standard InChI is InChI=1S/C13H14F3NO2/c1-9-8-17(7-6-11(9)18)10-4-2-3-5-12(10)19-13(14,15)16/h2-5,9H,6-8H2,1H3. The van der Waals surface area contributed by atoms with Crippen LogP contribution >= 0.6 is 0 Å². The van der Waals surface area contributed by atoms with Crippen LogP contribution in [0.15, 0.2) is 24.3 Å². The molecule has 1 aromatic carbocycles.